The third-order valence-electron chi connectivity index (χ3n) is 4.23. The van der Waals surface area contributed by atoms with Crippen LogP contribution in [0.4, 0.5) is 0 Å². The third kappa shape index (κ3) is 0.682. The van der Waals surface area contributed by atoms with Crippen LogP contribution in [-0.2, 0) is 0 Å². The number of rotatable bonds is 0. The van der Waals surface area contributed by atoms with Crippen molar-refractivity contribution in [3.63, 3.8) is 0 Å². The van der Waals surface area contributed by atoms with Crippen LogP contribution >= 0.6 is 0 Å². The molecule has 1 heteroatoms. The Hall–Kier alpha value is -0.550. The summed E-state index contributed by atoms with van der Waals surface area (Å²) in [6, 6.07) is 0.848. The van der Waals surface area contributed by atoms with Crippen molar-refractivity contribution in [2.75, 3.05) is 6.54 Å². The molecule has 1 heterocycles. The Balaban J connectivity index is 1.95. The third-order valence-corrected chi connectivity index (χ3v) is 4.23. The molecular weight excluding hydrogens is 146 g/mol. The van der Waals surface area contributed by atoms with Crippen LogP contribution in [0.2, 0.25) is 0 Å². The Morgan fingerprint density at radius 3 is 2.67 bits per heavy atom. The number of fused-ring (bicyclic) bond motifs is 2. The highest BCUT2D eigenvalue weighted by molar-refractivity contribution is 5.41. The molecule has 3 aliphatic rings. The maximum atomic E-state index is 3.78. The van der Waals surface area contributed by atoms with Gasteiger partial charge in [-0.2, -0.15) is 4.58 Å². The lowest BCUT2D eigenvalue weighted by Gasteiger charge is -2.18. The molecule has 0 radical (unpaired) electrons. The molecule has 12 heavy (non-hydrogen) atoms. The zero-order valence-electron chi connectivity index (χ0n) is 7.55. The number of hydrogen-bond donors (Lipinski definition) is 0. The monoisotopic (exact) mass is 162 g/mol. The van der Waals surface area contributed by atoms with Gasteiger partial charge >= 0.3 is 0 Å². The fourth-order valence-corrected chi connectivity index (χ4v) is 3.54. The van der Waals surface area contributed by atoms with Gasteiger partial charge in [-0.25, -0.2) is 0 Å². The Labute approximate surface area is 73.8 Å². The Morgan fingerprint density at radius 1 is 1.33 bits per heavy atom. The van der Waals surface area contributed by atoms with Gasteiger partial charge in [-0.3, -0.25) is 0 Å². The first-order valence-corrected chi connectivity index (χ1v) is 5.15. The van der Waals surface area contributed by atoms with Crippen molar-refractivity contribution in [3.8, 4) is 0 Å². The van der Waals surface area contributed by atoms with Crippen LogP contribution in [0.25, 0.3) is 0 Å². The van der Waals surface area contributed by atoms with Crippen molar-refractivity contribution in [1.29, 1.82) is 0 Å². The van der Waals surface area contributed by atoms with Gasteiger partial charge in [0.1, 0.15) is 0 Å². The van der Waals surface area contributed by atoms with Crippen molar-refractivity contribution >= 4 is 5.87 Å². The smallest absolute Gasteiger partial charge is 0.166 e. The second-order valence-electron chi connectivity index (χ2n) is 4.77. The van der Waals surface area contributed by atoms with Gasteiger partial charge in [0.15, 0.2) is 18.5 Å². The molecule has 2 saturated carbocycles. The molecule has 1 spiro atoms. The van der Waals surface area contributed by atoms with E-state index in [4.69, 9.17) is 0 Å². The maximum absolute atomic E-state index is 3.78. The molecular formula is C11H16N+. The van der Waals surface area contributed by atoms with Gasteiger partial charge in [-0.05, 0) is 12.8 Å². The molecule has 0 N–H and O–H groups in total. The summed E-state index contributed by atoms with van der Waals surface area (Å²) < 4.78 is 2.37. The highest BCUT2D eigenvalue weighted by atomic mass is 15.1. The molecule has 1 aliphatic heterocycles. The molecule has 2 atom stereocenters. The van der Waals surface area contributed by atoms with Crippen LogP contribution in [0.5, 0.6) is 0 Å². The molecule has 1 unspecified atom stereocenters. The molecule has 64 valence electrons. The van der Waals surface area contributed by atoms with Gasteiger partial charge in [0.2, 0.25) is 0 Å². The standard InChI is InChI=1S/C11H16N/c1-2-12-8-11(5-3-4-6-11)9-7-10(9)12/h9-10H,1,3-8H2/q+1/t9-,10?/m0/s1. The van der Waals surface area contributed by atoms with E-state index in [1.165, 1.54) is 38.6 Å². The minimum atomic E-state index is 0.718. The van der Waals surface area contributed by atoms with Crippen LogP contribution in [0.1, 0.15) is 32.1 Å². The molecule has 0 aromatic rings. The lowest BCUT2D eigenvalue weighted by Crippen LogP contribution is -2.24. The van der Waals surface area contributed by atoms with E-state index in [0.717, 1.165) is 17.4 Å². The largest absolute Gasteiger partial charge is 0.185 e. The van der Waals surface area contributed by atoms with E-state index in [1.54, 1.807) is 0 Å². The van der Waals surface area contributed by atoms with Crippen molar-refractivity contribution < 1.29 is 4.58 Å². The minimum Gasteiger partial charge on any atom is -0.185 e. The number of nitrogens with zero attached hydrogens (tertiary/aromatic N) is 1. The van der Waals surface area contributed by atoms with Gasteiger partial charge in [-0.15, -0.1) is 0 Å². The van der Waals surface area contributed by atoms with Crippen molar-refractivity contribution in [3.05, 3.63) is 6.58 Å². The zero-order valence-corrected chi connectivity index (χ0v) is 7.55. The average Bonchev–Trinajstić information content (AvgIpc) is 2.69. The Kier molecular flexibility index (Phi) is 1.17. The van der Waals surface area contributed by atoms with E-state index < -0.39 is 0 Å². The average molecular weight is 162 g/mol. The van der Waals surface area contributed by atoms with Gasteiger partial charge in [0.25, 0.3) is 0 Å². The van der Waals surface area contributed by atoms with Crippen molar-refractivity contribution in [2.24, 2.45) is 11.3 Å². The Morgan fingerprint density at radius 2 is 2.08 bits per heavy atom. The summed E-state index contributed by atoms with van der Waals surface area (Å²) in [6.07, 6.45) is 7.32. The van der Waals surface area contributed by atoms with E-state index in [9.17, 15) is 0 Å². The van der Waals surface area contributed by atoms with E-state index in [2.05, 4.69) is 17.0 Å². The molecule has 1 nitrogen and oxygen atoms in total. The lowest BCUT2D eigenvalue weighted by molar-refractivity contribution is -0.528. The van der Waals surface area contributed by atoms with Crippen LogP contribution in [0.3, 0.4) is 0 Å². The summed E-state index contributed by atoms with van der Waals surface area (Å²) in [5, 5.41) is 0. The van der Waals surface area contributed by atoms with E-state index in [0.29, 0.717) is 0 Å². The van der Waals surface area contributed by atoms with Crippen LogP contribution in [0.15, 0.2) is 6.58 Å². The second-order valence-corrected chi connectivity index (χ2v) is 4.77. The van der Waals surface area contributed by atoms with E-state index in [-0.39, 0.29) is 0 Å². The summed E-state index contributed by atoms with van der Waals surface area (Å²) in [5.74, 6) is 4.11. The maximum Gasteiger partial charge on any atom is 0.166 e. The first kappa shape index (κ1) is 6.91. The fraction of sp³-hybridized carbons (Fsp3) is 0.818. The van der Waals surface area contributed by atoms with E-state index in [1.807, 2.05) is 0 Å². The Bertz CT molecular complexity index is 267. The topological polar surface area (TPSA) is 3.01 Å². The van der Waals surface area contributed by atoms with Gasteiger partial charge < -0.3 is 0 Å². The van der Waals surface area contributed by atoms with Gasteiger partial charge in [0.05, 0.1) is 0 Å². The van der Waals surface area contributed by atoms with Crippen molar-refractivity contribution in [1.82, 2.24) is 0 Å². The predicted molar refractivity (Wildman–Crippen MR) is 48.6 cm³/mol. The van der Waals surface area contributed by atoms with Gasteiger partial charge in [-0.1, -0.05) is 12.8 Å². The van der Waals surface area contributed by atoms with Gasteiger partial charge in [0, 0.05) is 24.3 Å². The molecule has 3 rings (SSSR count). The summed E-state index contributed by atoms with van der Waals surface area (Å²) >= 11 is 0. The van der Waals surface area contributed by atoms with Crippen LogP contribution in [0, 0.1) is 11.3 Å². The quantitative estimate of drug-likeness (QED) is 0.478. The SMILES string of the molecule is C=C=[N+]1CC2(CCCC2)[C@H]2CC21. The molecule has 0 aromatic heterocycles. The molecule has 0 aromatic carbocycles. The number of piperidine rings is 1. The van der Waals surface area contributed by atoms with Crippen molar-refractivity contribution in [2.45, 2.75) is 38.1 Å². The first-order chi connectivity index (χ1) is 5.86. The first-order valence-electron chi connectivity index (χ1n) is 5.15. The predicted octanol–water partition coefficient (Wildman–Crippen LogP) is 1.82. The van der Waals surface area contributed by atoms with E-state index >= 15 is 0 Å². The normalized spacial score (nSPS) is 41.5. The highest BCUT2D eigenvalue weighted by Gasteiger charge is 2.67. The number of hydrogen-bond acceptors (Lipinski definition) is 0. The zero-order chi connectivity index (χ0) is 8.18. The minimum absolute atomic E-state index is 0.718. The second kappa shape index (κ2) is 2.03. The summed E-state index contributed by atoms with van der Waals surface area (Å²) in [6.45, 7) is 5.04. The molecule has 0 bridgehead atoms. The lowest BCUT2D eigenvalue weighted by atomic mass is 9.82. The summed E-state index contributed by atoms with van der Waals surface area (Å²) in [4.78, 5) is 0. The molecule has 0 amide bonds. The van der Waals surface area contributed by atoms with Crippen LogP contribution in [-0.4, -0.2) is 23.0 Å². The summed E-state index contributed by atoms with van der Waals surface area (Å²) in [5.41, 5.74) is 0.718. The molecule has 1 saturated heterocycles. The molecule has 2 aliphatic carbocycles. The summed E-state index contributed by atoms with van der Waals surface area (Å²) in [7, 11) is 0. The van der Waals surface area contributed by atoms with Crippen LogP contribution < -0.4 is 0 Å². The fourth-order valence-electron chi connectivity index (χ4n) is 3.54. The molecule has 3 fully saturated rings. The highest BCUT2D eigenvalue weighted by Crippen LogP contribution is 2.60.